The maximum absolute atomic E-state index is 13.0. The van der Waals surface area contributed by atoms with Gasteiger partial charge in [0.15, 0.2) is 17.3 Å². The first-order chi connectivity index (χ1) is 19.9. The van der Waals surface area contributed by atoms with Gasteiger partial charge in [-0.2, -0.15) is 0 Å². The summed E-state index contributed by atoms with van der Waals surface area (Å²) in [4.78, 5) is 46.9. The highest BCUT2D eigenvalue weighted by molar-refractivity contribution is 7.17. The second-order valence-corrected chi connectivity index (χ2v) is 10.6. The molecule has 3 N–H and O–H groups in total. The first-order valence-corrected chi connectivity index (χ1v) is 13.1. The molecule has 1 saturated carbocycles. The number of nitrogens with one attached hydrogen (secondary N) is 3. The predicted molar refractivity (Wildman–Crippen MR) is 148 cm³/mol. The zero-order chi connectivity index (χ0) is 30.2. The van der Waals surface area contributed by atoms with Crippen LogP contribution in [0.15, 0.2) is 30.5 Å². The monoisotopic (exact) mass is 553 g/mol. The molecule has 0 unspecified atom stereocenters. The predicted octanol–water partition coefficient (Wildman–Crippen LogP) is 2.45. The zero-order valence-electron chi connectivity index (χ0n) is 24.6. The molecule has 5 rings (SSSR count). The number of aromatic nitrogens is 3. The van der Waals surface area contributed by atoms with Crippen LogP contribution in [0.3, 0.4) is 0 Å². The molecule has 0 atom stereocenters. The van der Waals surface area contributed by atoms with Gasteiger partial charge in [0.25, 0.3) is 11.8 Å². The third-order valence-corrected chi connectivity index (χ3v) is 7.66. The van der Waals surface area contributed by atoms with Crippen LogP contribution in [0.25, 0.3) is 10.6 Å². The number of benzene rings is 1. The van der Waals surface area contributed by atoms with Crippen molar-refractivity contribution >= 4 is 46.3 Å². The second kappa shape index (κ2) is 10.9. The van der Waals surface area contributed by atoms with Gasteiger partial charge in [-0.25, -0.2) is 4.98 Å². The SMILES string of the molecule is [2H]C([2H])([2H])NC(=O)c1nnc(NC(=O)C2CC2)cc1Nc1cccc(-c2ncc(C(=O)N3CC(N(C)C)C3)s2)c1OC. The molecule has 12 nitrogen and oxygen atoms in total. The molecule has 13 heteroatoms. The average molecular weight is 554 g/mol. The van der Waals surface area contributed by atoms with E-state index in [-0.39, 0.29) is 34.9 Å². The van der Waals surface area contributed by atoms with E-state index in [0.29, 0.717) is 46.0 Å². The summed E-state index contributed by atoms with van der Waals surface area (Å²) >= 11 is 1.24. The van der Waals surface area contributed by atoms with Crippen LogP contribution in [0.5, 0.6) is 5.75 Å². The number of likely N-dealkylation sites (N-methyl/N-ethyl adjacent to an activating group) is 1. The van der Waals surface area contributed by atoms with Crippen LogP contribution in [-0.4, -0.2) is 90.0 Å². The van der Waals surface area contributed by atoms with Crippen molar-refractivity contribution < 1.29 is 23.2 Å². The molecule has 2 aliphatic rings. The van der Waals surface area contributed by atoms with Gasteiger partial charge < -0.3 is 30.5 Å². The summed E-state index contributed by atoms with van der Waals surface area (Å²) in [6, 6.07) is 6.96. The van der Waals surface area contributed by atoms with Gasteiger partial charge in [0, 0.05) is 42.2 Å². The third kappa shape index (κ3) is 5.54. The molecule has 0 spiro atoms. The lowest BCUT2D eigenvalue weighted by Crippen LogP contribution is -2.59. The van der Waals surface area contributed by atoms with E-state index in [9.17, 15) is 14.4 Å². The number of hydrogen-bond donors (Lipinski definition) is 3. The van der Waals surface area contributed by atoms with Crippen molar-refractivity contribution in [3.05, 3.63) is 41.0 Å². The van der Waals surface area contributed by atoms with Gasteiger partial charge in [-0.15, -0.1) is 21.5 Å². The maximum Gasteiger partial charge on any atom is 0.273 e. The van der Waals surface area contributed by atoms with E-state index in [4.69, 9.17) is 8.85 Å². The van der Waals surface area contributed by atoms with Crippen LogP contribution < -0.4 is 20.7 Å². The Morgan fingerprint density at radius 2 is 1.97 bits per heavy atom. The molecule has 1 aromatic carbocycles. The van der Waals surface area contributed by atoms with Crippen molar-refractivity contribution in [2.24, 2.45) is 5.92 Å². The van der Waals surface area contributed by atoms with Crippen LogP contribution in [-0.2, 0) is 4.79 Å². The minimum Gasteiger partial charge on any atom is -0.494 e. The van der Waals surface area contributed by atoms with E-state index in [0.717, 1.165) is 12.8 Å². The Bertz CT molecular complexity index is 1520. The lowest BCUT2D eigenvalue weighted by atomic mass is 10.1. The summed E-state index contributed by atoms with van der Waals surface area (Å²) in [6.45, 7) is -1.44. The zero-order valence-corrected chi connectivity index (χ0v) is 22.5. The molecule has 0 bridgehead atoms. The first-order valence-electron chi connectivity index (χ1n) is 13.8. The fourth-order valence-corrected chi connectivity index (χ4v) is 5.02. The summed E-state index contributed by atoms with van der Waals surface area (Å²) in [5.41, 5.74) is 0.802. The maximum atomic E-state index is 13.0. The van der Waals surface area contributed by atoms with Gasteiger partial charge in [-0.05, 0) is 39.1 Å². The van der Waals surface area contributed by atoms with E-state index in [1.807, 2.05) is 19.4 Å². The Hall–Kier alpha value is -4.10. The number of rotatable bonds is 9. The smallest absolute Gasteiger partial charge is 0.273 e. The molecular formula is C26H30N8O4S. The summed E-state index contributed by atoms with van der Waals surface area (Å²) in [5, 5.41) is 16.0. The number of amides is 3. The van der Waals surface area contributed by atoms with Gasteiger partial charge in [0.2, 0.25) is 5.91 Å². The lowest BCUT2D eigenvalue weighted by molar-refractivity contribution is -0.117. The summed E-state index contributed by atoms with van der Waals surface area (Å²) < 4.78 is 27.9. The van der Waals surface area contributed by atoms with Crippen LogP contribution >= 0.6 is 11.3 Å². The van der Waals surface area contributed by atoms with E-state index in [1.54, 1.807) is 29.3 Å². The fraction of sp³-hybridized carbons (Fsp3) is 0.385. The summed E-state index contributed by atoms with van der Waals surface area (Å²) in [6.07, 6.45) is 3.11. The number of carbonyl (C=O) groups excluding carboxylic acids is 3. The number of methoxy groups -OCH3 is 1. The molecule has 1 aliphatic heterocycles. The van der Waals surface area contributed by atoms with Gasteiger partial charge in [0.1, 0.15) is 9.88 Å². The second-order valence-electron chi connectivity index (χ2n) is 9.58. The molecule has 2 fully saturated rings. The highest BCUT2D eigenvalue weighted by atomic mass is 32.1. The van der Waals surface area contributed by atoms with E-state index in [1.165, 1.54) is 24.5 Å². The average Bonchev–Trinajstić information content (AvgIpc) is 3.63. The Kier molecular flexibility index (Phi) is 6.41. The first kappa shape index (κ1) is 22.8. The fourth-order valence-electron chi connectivity index (χ4n) is 4.12. The van der Waals surface area contributed by atoms with Crippen molar-refractivity contribution in [1.82, 2.24) is 30.3 Å². The Morgan fingerprint density at radius 1 is 1.18 bits per heavy atom. The van der Waals surface area contributed by atoms with Crippen LogP contribution in [0.4, 0.5) is 17.2 Å². The number of hydrogen-bond acceptors (Lipinski definition) is 10. The van der Waals surface area contributed by atoms with E-state index >= 15 is 0 Å². The summed E-state index contributed by atoms with van der Waals surface area (Å²) in [7, 11) is 5.44. The molecule has 2 aromatic heterocycles. The van der Waals surface area contributed by atoms with Crippen LogP contribution in [0, 0.1) is 5.92 Å². The molecule has 1 aliphatic carbocycles. The lowest BCUT2D eigenvalue weighted by Gasteiger charge is -2.42. The summed E-state index contributed by atoms with van der Waals surface area (Å²) in [5.74, 6) is -0.904. The minimum absolute atomic E-state index is 0.0846. The number of carbonyl (C=O) groups is 3. The molecule has 3 aromatic rings. The quantitative estimate of drug-likeness (QED) is 0.364. The number of anilines is 3. The number of ether oxygens (including phenoxy) is 1. The number of para-hydroxylation sites is 1. The Morgan fingerprint density at radius 3 is 2.67 bits per heavy atom. The highest BCUT2D eigenvalue weighted by Crippen LogP contribution is 2.40. The van der Waals surface area contributed by atoms with Crippen molar-refractivity contribution in [3.8, 4) is 16.3 Å². The van der Waals surface area contributed by atoms with Crippen LogP contribution in [0.1, 0.15) is 37.1 Å². The molecule has 204 valence electrons. The molecule has 0 radical (unpaired) electrons. The van der Waals surface area contributed by atoms with Gasteiger partial charge in [0.05, 0.1) is 30.2 Å². The van der Waals surface area contributed by atoms with Gasteiger partial charge in [-0.1, -0.05) is 6.07 Å². The van der Waals surface area contributed by atoms with Crippen molar-refractivity contribution in [2.45, 2.75) is 18.9 Å². The van der Waals surface area contributed by atoms with E-state index in [2.05, 4.69) is 30.7 Å². The molecule has 1 saturated heterocycles. The molecule has 39 heavy (non-hydrogen) atoms. The molecule has 3 amide bonds. The third-order valence-electron chi connectivity index (χ3n) is 6.64. The van der Waals surface area contributed by atoms with Crippen molar-refractivity contribution in [1.29, 1.82) is 0 Å². The van der Waals surface area contributed by atoms with Crippen molar-refractivity contribution in [2.75, 3.05) is 51.9 Å². The molecular weight excluding hydrogens is 520 g/mol. The largest absolute Gasteiger partial charge is 0.494 e. The van der Waals surface area contributed by atoms with Gasteiger partial charge >= 0.3 is 0 Å². The normalized spacial score (nSPS) is 16.5. The van der Waals surface area contributed by atoms with Crippen molar-refractivity contribution in [3.63, 3.8) is 0 Å². The van der Waals surface area contributed by atoms with E-state index < -0.39 is 12.9 Å². The van der Waals surface area contributed by atoms with Gasteiger partial charge in [-0.3, -0.25) is 14.4 Å². The Labute approximate surface area is 234 Å². The highest BCUT2D eigenvalue weighted by Gasteiger charge is 2.33. The number of likely N-dealkylation sites (tertiary alicyclic amines) is 1. The standard InChI is InChI=1S/C26H30N8O4S/c1-27-24(36)21-18(10-20(31-32-21)30-23(35)14-8-9-14)29-17-7-5-6-16(22(17)38-4)25-28-11-19(39-25)26(37)34-12-15(13-34)33(2)3/h5-7,10-11,14-15H,8-9,12-13H2,1-4H3,(H,27,36)(H2,29,30,31,35)/i1D3. The van der Waals surface area contributed by atoms with Crippen LogP contribution in [0.2, 0.25) is 0 Å². The number of nitrogens with zero attached hydrogens (tertiary/aromatic N) is 5. The Balaban J connectivity index is 1.43. The molecule has 3 heterocycles. The number of thiazole rings is 1. The topological polar surface area (TPSA) is 142 Å². The minimum atomic E-state index is -2.75.